The molecular formula is C28H29ClF4N6O3. The van der Waals surface area contributed by atoms with E-state index in [1.165, 1.54) is 0 Å². The number of ether oxygens (including phenoxy) is 3. The van der Waals surface area contributed by atoms with Crippen molar-refractivity contribution in [2.45, 2.75) is 55.9 Å². The topological polar surface area (TPSA) is 98.9 Å². The number of nitrogens with zero attached hydrogens (tertiary/aromatic N) is 5. The molecule has 2 saturated heterocycles. The standard InChI is InChI=1S/C28H29ClF4N6O3/c1-38-24-19-23(36-26(37-24)42-13-16-3-2-15-12-40-9-7-39(15)16)21(30)22(35-25(19)41-8-6-27(38)4-5-27)17-10-14(34)11-18(29)20(17)28(31,32)33/h10-11,15-16H,2-9,12-13,34H2,1H3/t15-,16-/m0/s1. The molecule has 7 rings (SSSR count). The van der Waals surface area contributed by atoms with Crippen molar-refractivity contribution >= 4 is 34.0 Å². The predicted molar refractivity (Wildman–Crippen MR) is 147 cm³/mol. The molecule has 5 heterocycles. The number of alkyl halides is 3. The number of nitrogen functional groups attached to an aromatic ring is 1. The third kappa shape index (κ3) is 4.56. The molecule has 14 heteroatoms. The van der Waals surface area contributed by atoms with Gasteiger partial charge in [-0.15, -0.1) is 0 Å². The van der Waals surface area contributed by atoms with E-state index in [4.69, 9.17) is 31.5 Å². The van der Waals surface area contributed by atoms with Crippen molar-refractivity contribution in [3.05, 3.63) is 28.5 Å². The van der Waals surface area contributed by atoms with E-state index in [2.05, 4.69) is 19.9 Å². The van der Waals surface area contributed by atoms with E-state index in [0.29, 0.717) is 31.5 Å². The van der Waals surface area contributed by atoms with E-state index in [1.807, 2.05) is 11.9 Å². The van der Waals surface area contributed by atoms with Crippen molar-refractivity contribution in [1.29, 1.82) is 0 Å². The molecule has 0 radical (unpaired) electrons. The first kappa shape index (κ1) is 27.7. The number of hydrogen-bond acceptors (Lipinski definition) is 9. The molecule has 3 aromatic rings. The molecule has 0 amide bonds. The van der Waals surface area contributed by atoms with Crippen molar-refractivity contribution in [3.63, 3.8) is 0 Å². The highest BCUT2D eigenvalue weighted by molar-refractivity contribution is 6.32. The van der Waals surface area contributed by atoms with Gasteiger partial charge in [0, 0.05) is 48.9 Å². The molecule has 0 unspecified atom stereocenters. The maximum atomic E-state index is 16.5. The van der Waals surface area contributed by atoms with Gasteiger partial charge < -0.3 is 24.8 Å². The minimum Gasteiger partial charge on any atom is -0.477 e. The van der Waals surface area contributed by atoms with Crippen LogP contribution in [0.25, 0.3) is 22.2 Å². The summed E-state index contributed by atoms with van der Waals surface area (Å²) in [4.78, 5) is 17.7. The molecule has 42 heavy (non-hydrogen) atoms. The van der Waals surface area contributed by atoms with Crippen LogP contribution < -0.4 is 20.1 Å². The Balaban J connectivity index is 1.38. The summed E-state index contributed by atoms with van der Waals surface area (Å²) in [6, 6.07) is 2.36. The van der Waals surface area contributed by atoms with Gasteiger partial charge in [0.1, 0.15) is 29.0 Å². The van der Waals surface area contributed by atoms with Crippen LogP contribution in [-0.2, 0) is 10.9 Å². The molecule has 9 nitrogen and oxygen atoms in total. The first-order chi connectivity index (χ1) is 20.1. The minimum absolute atomic E-state index is 0.0658. The molecular weight excluding hydrogens is 580 g/mol. The van der Waals surface area contributed by atoms with E-state index >= 15 is 4.39 Å². The number of nitrogens with two attached hydrogens (primary N) is 1. The summed E-state index contributed by atoms with van der Waals surface area (Å²) in [6.45, 7) is 2.64. The van der Waals surface area contributed by atoms with Crippen LogP contribution in [-0.4, -0.2) is 77.5 Å². The van der Waals surface area contributed by atoms with Gasteiger partial charge in [-0.05, 0) is 37.8 Å². The summed E-state index contributed by atoms with van der Waals surface area (Å²) >= 11 is 5.99. The fourth-order valence-electron chi connectivity index (χ4n) is 6.55. The van der Waals surface area contributed by atoms with E-state index in [-0.39, 0.29) is 53.3 Å². The lowest BCUT2D eigenvalue weighted by atomic mass is 10.0. The molecule has 2 aromatic heterocycles. The van der Waals surface area contributed by atoms with Crippen LogP contribution in [0.4, 0.5) is 29.1 Å². The fourth-order valence-corrected chi connectivity index (χ4v) is 6.89. The predicted octanol–water partition coefficient (Wildman–Crippen LogP) is 5.08. The Hall–Kier alpha value is -3.16. The molecule has 4 aliphatic rings. The Kier molecular flexibility index (Phi) is 6.55. The van der Waals surface area contributed by atoms with E-state index in [0.717, 1.165) is 44.4 Å². The van der Waals surface area contributed by atoms with Crippen molar-refractivity contribution in [2.75, 3.05) is 50.7 Å². The molecule has 224 valence electrons. The van der Waals surface area contributed by atoms with E-state index in [1.54, 1.807) is 0 Å². The summed E-state index contributed by atoms with van der Waals surface area (Å²) in [7, 11) is 1.87. The average Bonchev–Trinajstić information content (AvgIpc) is 3.62. The molecule has 1 aromatic carbocycles. The molecule has 1 spiro atoms. The normalized spacial score (nSPS) is 23.4. The second-order valence-corrected chi connectivity index (χ2v) is 11.9. The van der Waals surface area contributed by atoms with E-state index < -0.39 is 33.8 Å². The summed E-state index contributed by atoms with van der Waals surface area (Å²) in [5.74, 6) is -0.785. The van der Waals surface area contributed by atoms with Crippen LogP contribution in [0, 0.1) is 5.82 Å². The third-order valence-corrected chi connectivity index (χ3v) is 9.30. The Bertz CT molecular complexity index is 1570. The number of halogens is 5. The van der Waals surface area contributed by atoms with Crippen molar-refractivity contribution < 1.29 is 31.8 Å². The first-order valence-corrected chi connectivity index (χ1v) is 14.3. The van der Waals surface area contributed by atoms with Gasteiger partial charge in [-0.25, -0.2) is 9.37 Å². The highest BCUT2D eigenvalue weighted by atomic mass is 35.5. The smallest absolute Gasteiger partial charge is 0.418 e. The van der Waals surface area contributed by atoms with Crippen LogP contribution in [0.5, 0.6) is 11.9 Å². The van der Waals surface area contributed by atoms with Crippen molar-refractivity contribution in [2.24, 2.45) is 0 Å². The number of benzene rings is 1. The number of aromatic nitrogens is 3. The van der Waals surface area contributed by atoms with Crippen LogP contribution >= 0.6 is 11.6 Å². The molecule has 3 aliphatic heterocycles. The lowest BCUT2D eigenvalue weighted by Crippen LogP contribution is -2.46. The maximum Gasteiger partial charge on any atom is 0.418 e. The Morgan fingerprint density at radius 3 is 2.71 bits per heavy atom. The van der Waals surface area contributed by atoms with Crippen molar-refractivity contribution in [3.8, 4) is 23.1 Å². The number of hydrogen-bond donors (Lipinski definition) is 1. The molecule has 2 N–H and O–H groups in total. The van der Waals surface area contributed by atoms with Crippen LogP contribution in [0.1, 0.15) is 37.7 Å². The van der Waals surface area contributed by atoms with Crippen molar-refractivity contribution in [1.82, 2.24) is 19.9 Å². The highest BCUT2D eigenvalue weighted by Crippen LogP contribution is 2.51. The highest BCUT2D eigenvalue weighted by Gasteiger charge is 2.49. The zero-order chi connectivity index (χ0) is 29.4. The second-order valence-electron chi connectivity index (χ2n) is 11.4. The zero-order valence-electron chi connectivity index (χ0n) is 22.8. The van der Waals surface area contributed by atoms with Gasteiger partial charge in [0.05, 0.1) is 30.4 Å². The van der Waals surface area contributed by atoms with Crippen LogP contribution in [0.3, 0.4) is 0 Å². The largest absolute Gasteiger partial charge is 0.477 e. The number of pyridine rings is 1. The minimum atomic E-state index is -4.90. The molecule has 3 fully saturated rings. The second kappa shape index (κ2) is 9.95. The first-order valence-electron chi connectivity index (χ1n) is 14.0. The Morgan fingerprint density at radius 2 is 1.95 bits per heavy atom. The third-order valence-electron chi connectivity index (χ3n) is 9.01. The Labute approximate surface area is 243 Å². The van der Waals surface area contributed by atoms with Gasteiger partial charge in [-0.2, -0.15) is 23.1 Å². The van der Waals surface area contributed by atoms with Gasteiger partial charge in [0.15, 0.2) is 5.82 Å². The Morgan fingerprint density at radius 1 is 1.14 bits per heavy atom. The SMILES string of the molecule is CN1c2nc(OC[C@@H]3CC[C@H]4COCCN43)nc3c(F)c(-c4cc(N)cc(Cl)c4C(F)(F)F)nc(c23)OCCC12CC2. The zero-order valence-corrected chi connectivity index (χ0v) is 23.6. The summed E-state index contributed by atoms with van der Waals surface area (Å²) in [5, 5.41) is -0.488. The lowest BCUT2D eigenvalue weighted by Gasteiger charge is -2.34. The molecule has 2 atom stereocenters. The maximum absolute atomic E-state index is 16.5. The number of rotatable bonds is 4. The molecule has 1 aliphatic carbocycles. The van der Waals surface area contributed by atoms with Crippen LogP contribution in [0.2, 0.25) is 5.02 Å². The molecule has 0 bridgehead atoms. The van der Waals surface area contributed by atoms with Gasteiger partial charge in [-0.3, -0.25) is 4.90 Å². The number of anilines is 2. The fraction of sp³-hybridized carbons (Fsp3) is 0.536. The lowest BCUT2D eigenvalue weighted by molar-refractivity contribution is -0.137. The van der Waals surface area contributed by atoms with E-state index in [9.17, 15) is 13.2 Å². The summed E-state index contributed by atoms with van der Waals surface area (Å²) in [5.41, 5.74) is 2.84. The summed E-state index contributed by atoms with van der Waals surface area (Å²) < 4.78 is 76.6. The number of fused-ring (bicyclic) bond motifs is 1. The summed E-state index contributed by atoms with van der Waals surface area (Å²) in [6.07, 6.45) is -0.578. The quantitative estimate of drug-likeness (QED) is 0.321. The molecule has 1 saturated carbocycles. The average molecular weight is 609 g/mol. The number of morpholine rings is 1. The van der Waals surface area contributed by atoms with Crippen LogP contribution in [0.15, 0.2) is 12.1 Å². The van der Waals surface area contributed by atoms with Gasteiger partial charge in [-0.1, -0.05) is 11.6 Å². The van der Waals surface area contributed by atoms with Gasteiger partial charge >= 0.3 is 12.2 Å². The monoisotopic (exact) mass is 608 g/mol. The van der Waals surface area contributed by atoms with Gasteiger partial charge in [0.2, 0.25) is 5.88 Å². The van der Waals surface area contributed by atoms with Gasteiger partial charge in [0.25, 0.3) is 0 Å².